The minimum atomic E-state index is 0.164. The van der Waals surface area contributed by atoms with Crippen LogP contribution in [0.25, 0.3) is 0 Å². The summed E-state index contributed by atoms with van der Waals surface area (Å²) in [7, 11) is 1.90. The van der Waals surface area contributed by atoms with E-state index in [1.807, 2.05) is 11.9 Å². The van der Waals surface area contributed by atoms with Crippen LogP contribution in [0.5, 0.6) is 0 Å². The van der Waals surface area contributed by atoms with Crippen molar-refractivity contribution >= 4 is 5.91 Å². The highest BCUT2D eigenvalue weighted by Crippen LogP contribution is 2.27. The third-order valence-corrected chi connectivity index (χ3v) is 4.40. The van der Waals surface area contributed by atoms with Crippen molar-refractivity contribution in [1.29, 1.82) is 0 Å². The maximum absolute atomic E-state index is 12.1. The number of carbonyl (C=O) groups excluding carboxylic acids is 1. The van der Waals surface area contributed by atoms with Crippen LogP contribution in [0.15, 0.2) is 0 Å². The fourth-order valence-electron chi connectivity index (χ4n) is 3.14. The van der Waals surface area contributed by atoms with Crippen LogP contribution in [0, 0.1) is 5.92 Å². The van der Waals surface area contributed by atoms with Gasteiger partial charge in [-0.3, -0.25) is 4.79 Å². The number of nitrogens with zero attached hydrogens (tertiary/aromatic N) is 1. The first-order valence-electron chi connectivity index (χ1n) is 7.82. The lowest BCUT2D eigenvalue weighted by Gasteiger charge is -2.28. The molecule has 1 heterocycles. The molecule has 1 atom stereocenters. The summed E-state index contributed by atoms with van der Waals surface area (Å²) in [5, 5.41) is 3.30. The van der Waals surface area contributed by atoms with Crippen molar-refractivity contribution in [1.82, 2.24) is 10.2 Å². The Bertz CT molecular complexity index is 271. The molecule has 110 valence electrons. The smallest absolute Gasteiger partial charge is 0.222 e. The van der Waals surface area contributed by atoms with Crippen LogP contribution in [0.2, 0.25) is 0 Å². The number of morpholine rings is 1. The highest BCUT2D eigenvalue weighted by atomic mass is 16.5. The van der Waals surface area contributed by atoms with Gasteiger partial charge < -0.3 is 15.0 Å². The summed E-state index contributed by atoms with van der Waals surface area (Å²) in [4.78, 5) is 14.0. The molecular weight excluding hydrogens is 240 g/mol. The van der Waals surface area contributed by atoms with Crippen molar-refractivity contribution in [3.05, 3.63) is 0 Å². The number of hydrogen-bond acceptors (Lipinski definition) is 3. The molecule has 2 fully saturated rings. The number of nitrogens with one attached hydrogen (secondary N) is 1. The second-order valence-electron chi connectivity index (χ2n) is 6.01. The van der Waals surface area contributed by atoms with Gasteiger partial charge in [0, 0.05) is 33.1 Å². The lowest BCUT2D eigenvalue weighted by Crippen LogP contribution is -2.45. The fraction of sp³-hybridized carbons (Fsp3) is 0.933. The molecule has 0 bridgehead atoms. The summed E-state index contributed by atoms with van der Waals surface area (Å²) < 4.78 is 5.64. The molecule has 19 heavy (non-hydrogen) atoms. The third kappa shape index (κ3) is 5.11. The van der Waals surface area contributed by atoms with E-state index in [-0.39, 0.29) is 12.0 Å². The quantitative estimate of drug-likeness (QED) is 0.826. The number of rotatable bonds is 5. The van der Waals surface area contributed by atoms with E-state index >= 15 is 0 Å². The van der Waals surface area contributed by atoms with Gasteiger partial charge in [-0.05, 0) is 12.3 Å². The lowest BCUT2D eigenvalue weighted by atomic mass is 9.86. The van der Waals surface area contributed by atoms with E-state index in [0.29, 0.717) is 6.42 Å². The summed E-state index contributed by atoms with van der Waals surface area (Å²) in [6.07, 6.45) is 8.70. The van der Waals surface area contributed by atoms with Crippen LogP contribution in [-0.4, -0.2) is 50.2 Å². The Morgan fingerprint density at radius 2 is 2.11 bits per heavy atom. The Hall–Kier alpha value is -0.610. The predicted molar refractivity (Wildman–Crippen MR) is 76.1 cm³/mol. The molecule has 2 rings (SSSR count). The summed E-state index contributed by atoms with van der Waals surface area (Å²) in [6.45, 7) is 3.27. The van der Waals surface area contributed by atoms with E-state index in [2.05, 4.69) is 5.32 Å². The molecule has 1 aliphatic heterocycles. The molecule has 0 aromatic carbocycles. The zero-order valence-electron chi connectivity index (χ0n) is 12.2. The van der Waals surface area contributed by atoms with Gasteiger partial charge in [0.2, 0.25) is 5.91 Å². The van der Waals surface area contributed by atoms with E-state index < -0.39 is 0 Å². The lowest BCUT2D eigenvalue weighted by molar-refractivity contribution is -0.132. The topological polar surface area (TPSA) is 41.6 Å². The number of carbonyl (C=O) groups is 1. The standard InChI is InChI=1S/C15H28N2O2/c1-17(12-14-11-16-9-10-19-14)15(18)8-7-13-5-3-2-4-6-13/h13-14,16H,2-12H2,1H3. The van der Waals surface area contributed by atoms with E-state index in [1.165, 1.54) is 32.1 Å². The van der Waals surface area contributed by atoms with Crippen molar-refractivity contribution < 1.29 is 9.53 Å². The van der Waals surface area contributed by atoms with Gasteiger partial charge in [-0.15, -0.1) is 0 Å². The molecule has 4 heteroatoms. The second kappa shape index (κ2) is 7.85. The van der Waals surface area contributed by atoms with Crippen molar-refractivity contribution in [2.45, 2.75) is 51.0 Å². The van der Waals surface area contributed by atoms with Gasteiger partial charge in [0.05, 0.1) is 12.7 Å². The molecule has 1 N–H and O–H groups in total. The summed E-state index contributed by atoms with van der Waals surface area (Å²) >= 11 is 0. The normalized spacial score (nSPS) is 25.2. The molecule has 1 saturated carbocycles. The molecule has 1 amide bonds. The van der Waals surface area contributed by atoms with E-state index in [9.17, 15) is 4.79 Å². The molecule has 0 radical (unpaired) electrons. The minimum Gasteiger partial charge on any atom is -0.374 e. The van der Waals surface area contributed by atoms with Crippen LogP contribution in [0.1, 0.15) is 44.9 Å². The molecule has 1 unspecified atom stereocenters. The van der Waals surface area contributed by atoms with Crippen molar-refractivity contribution in [3.8, 4) is 0 Å². The second-order valence-corrected chi connectivity index (χ2v) is 6.01. The molecule has 0 aromatic rings. The van der Waals surface area contributed by atoms with E-state index in [0.717, 1.165) is 38.6 Å². The molecule has 0 spiro atoms. The van der Waals surface area contributed by atoms with Gasteiger partial charge in [0.25, 0.3) is 0 Å². The average Bonchev–Trinajstić information content (AvgIpc) is 2.47. The number of likely N-dealkylation sites (N-methyl/N-ethyl adjacent to an activating group) is 1. The first kappa shape index (κ1) is 14.8. The van der Waals surface area contributed by atoms with Gasteiger partial charge >= 0.3 is 0 Å². The largest absolute Gasteiger partial charge is 0.374 e. The van der Waals surface area contributed by atoms with Crippen LogP contribution < -0.4 is 5.32 Å². The Labute approximate surface area is 116 Å². The van der Waals surface area contributed by atoms with Crippen molar-refractivity contribution in [2.75, 3.05) is 33.3 Å². The van der Waals surface area contributed by atoms with Crippen molar-refractivity contribution in [3.63, 3.8) is 0 Å². The van der Waals surface area contributed by atoms with Crippen LogP contribution >= 0.6 is 0 Å². The maximum Gasteiger partial charge on any atom is 0.222 e. The molecule has 1 aliphatic carbocycles. The fourth-order valence-corrected chi connectivity index (χ4v) is 3.14. The van der Waals surface area contributed by atoms with Gasteiger partial charge in [-0.2, -0.15) is 0 Å². The first-order valence-corrected chi connectivity index (χ1v) is 7.82. The molecule has 4 nitrogen and oxygen atoms in total. The molecule has 0 aromatic heterocycles. The van der Waals surface area contributed by atoms with Crippen LogP contribution in [0.4, 0.5) is 0 Å². The van der Waals surface area contributed by atoms with Crippen molar-refractivity contribution in [2.24, 2.45) is 5.92 Å². The SMILES string of the molecule is CN(CC1CNCCO1)C(=O)CCC1CCCCC1. The Balaban J connectivity index is 1.63. The molecular formula is C15H28N2O2. The molecule has 1 saturated heterocycles. The summed E-state index contributed by atoms with van der Waals surface area (Å²) in [5.41, 5.74) is 0. The first-order chi connectivity index (χ1) is 9.25. The van der Waals surface area contributed by atoms with Gasteiger partial charge in [0.15, 0.2) is 0 Å². The summed E-state index contributed by atoms with van der Waals surface area (Å²) in [5.74, 6) is 1.07. The Kier molecular flexibility index (Phi) is 6.11. The molecule has 2 aliphatic rings. The zero-order valence-corrected chi connectivity index (χ0v) is 12.2. The Morgan fingerprint density at radius 1 is 1.32 bits per heavy atom. The maximum atomic E-state index is 12.1. The van der Waals surface area contributed by atoms with Crippen LogP contribution in [0.3, 0.4) is 0 Å². The highest BCUT2D eigenvalue weighted by molar-refractivity contribution is 5.75. The monoisotopic (exact) mass is 268 g/mol. The Morgan fingerprint density at radius 3 is 2.79 bits per heavy atom. The van der Waals surface area contributed by atoms with E-state index in [1.54, 1.807) is 0 Å². The average molecular weight is 268 g/mol. The van der Waals surface area contributed by atoms with Gasteiger partial charge in [-0.1, -0.05) is 32.1 Å². The van der Waals surface area contributed by atoms with Gasteiger partial charge in [-0.25, -0.2) is 0 Å². The number of ether oxygens (including phenoxy) is 1. The number of hydrogen-bond donors (Lipinski definition) is 1. The van der Waals surface area contributed by atoms with Crippen LogP contribution in [-0.2, 0) is 9.53 Å². The van der Waals surface area contributed by atoms with Gasteiger partial charge in [0.1, 0.15) is 0 Å². The predicted octanol–water partition coefficient (Wildman–Crippen LogP) is 1.79. The summed E-state index contributed by atoms with van der Waals surface area (Å²) in [6, 6.07) is 0. The minimum absolute atomic E-state index is 0.164. The van der Waals surface area contributed by atoms with E-state index in [4.69, 9.17) is 4.74 Å². The number of amides is 1. The third-order valence-electron chi connectivity index (χ3n) is 4.40. The zero-order chi connectivity index (χ0) is 13.5. The highest BCUT2D eigenvalue weighted by Gasteiger charge is 2.20.